The molecule has 0 aromatic heterocycles. The standard InChI is InChI=1S/C23H30N2O2/c1-19(7-8-20-5-3-2-4-6-20)17-23(26)24-18-21-9-11-22(12-10-21)25-13-15-27-16-14-25/h2-6,9-12,19H,7-8,13-18H2,1H3,(H,24,26). The maximum atomic E-state index is 12.2. The van der Waals surface area contributed by atoms with Crippen LogP contribution in [0.25, 0.3) is 0 Å². The highest BCUT2D eigenvalue weighted by Crippen LogP contribution is 2.17. The zero-order chi connectivity index (χ0) is 18.9. The Morgan fingerprint density at radius 3 is 2.44 bits per heavy atom. The zero-order valence-electron chi connectivity index (χ0n) is 16.2. The highest BCUT2D eigenvalue weighted by Gasteiger charge is 2.12. The lowest BCUT2D eigenvalue weighted by Crippen LogP contribution is -2.36. The molecule has 1 fully saturated rings. The highest BCUT2D eigenvalue weighted by molar-refractivity contribution is 5.76. The molecule has 1 amide bonds. The van der Waals surface area contributed by atoms with E-state index in [-0.39, 0.29) is 5.91 Å². The second kappa shape index (κ2) is 10.1. The molecule has 0 radical (unpaired) electrons. The molecule has 2 aromatic rings. The minimum Gasteiger partial charge on any atom is -0.378 e. The Bertz CT molecular complexity index is 694. The predicted molar refractivity (Wildman–Crippen MR) is 110 cm³/mol. The Labute approximate surface area is 162 Å². The van der Waals surface area contributed by atoms with E-state index in [9.17, 15) is 4.79 Å². The van der Waals surface area contributed by atoms with Crippen LogP contribution in [0.5, 0.6) is 0 Å². The van der Waals surface area contributed by atoms with Crippen molar-refractivity contribution in [1.82, 2.24) is 5.32 Å². The Kier molecular flexibility index (Phi) is 7.28. The van der Waals surface area contributed by atoms with Crippen molar-refractivity contribution in [2.45, 2.75) is 32.7 Å². The lowest BCUT2D eigenvalue weighted by molar-refractivity contribution is -0.122. The van der Waals surface area contributed by atoms with Crippen LogP contribution in [0.3, 0.4) is 0 Å². The molecule has 27 heavy (non-hydrogen) atoms. The van der Waals surface area contributed by atoms with Crippen LogP contribution in [0.2, 0.25) is 0 Å². The average Bonchev–Trinajstić information content (AvgIpc) is 2.72. The molecular formula is C23H30N2O2. The molecule has 0 saturated carbocycles. The van der Waals surface area contributed by atoms with Gasteiger partial charge in [0.25, 0.3) is 0 Å². The number of rotatable bonds is 8. The summed E-state index contributed by atoms with van der Waals surface area (Å²) in [4.78, 5) is 14.6. The van der Waals surface area contributed by atoms with Crippen LogP contribution in [0.1, 0.15) is 30.9 Å². The summed E-state index contributed by atoms with van der Waals surface area (Å²) in [5.41, 5.74) is 3.70. The van der Waals surface area contributed by atoms with Gasteiger partial charge in [0.15, 0.2) is 0 Å². The summed E-state index contributed by atoms with van der Waals surface area (Å²) < 4.78 is 5.39. The van der Waals surface area contributed by atoms with Crippen molar-refractivity contribution < 1.29 is 9.53 Å². The van der Waals surface area contributed by atoms with Crippen molar-refractivity contribution in [2.75, 3.05) is 31.2 Å². The van der Waals surface area contributed by atoms with Gasteiger partial charge < -0.3 is 15.0 Å². The number of nitrogens with one attached hydrogen (secondary N) is 1. The quantitative estimate of drug-likeness (QED) is 0.773. The number of ether oxygens (including phenoxy) is 1. The first-order valence-corrected chi connectivity index (χ1v) is 9.93. The third-order valence-corrected chi connectivity index (χ3v) is 5.10. The van der Waals surface area contributed by atoms with Gasteiger partial charge in [0.2, 0.25) is 5.91 Å². The van der Waals surface area contributed by atoms with E-state index in [1.165, 1.54) is 11.3 Å². The number of carbonyl (C=O) groups excluding carboxylic acids is 1. The van der Waals surface area contributed by atoms with Gasteiger partial charge in [0.1, 0.15) is 0 Å². The summed E-state index contributed by atoms with van der Waals surface area (Å²) in [6, 6.07) is 18.9. The van der Waals surface area contributed by atoms with E-state index in [0.29, 0.717) is 18.9 Å². The monoisotopic (exact) mass is 366 g/mol. The van der Waals surface area contributed by atoms with Crippen molar-refractivity contribution in [3.8, 4) is 0 Å². The van der Waals surface area contributed by atoms with E-state index in [0.717, 1.165) is 44.7 Å². The molecule has 2 aromatic carbocycles. The SMILES string of the molecule is CC(CCc1ccccc1)CC(=O)NCc1ccc(N2CCOCC2)cc1. The van der Waals surface area contributed by atoms with Crippen LogP contribution in [-0.2, 0) is 22.5 Å². The number of hydrogen-bond acceptors (Lipinski definition) is 3. The van der Waals surface area contributed by atoms with Crippen LogP contribution >= 0.6 is 0 Å². The first-order valence-electron chi connectivity index (χ1n) is 9.93. The zero-order valence-corrected chi connectivity index (χ0v) is 16.2. The van der Waals surface area contributed by atoms with Gasteiger partial charge in [-0.15, -0.1) is 0 Å². The molecule has 1 aliphatic heterocycles. The van der Waals surface area contributed by atoms with Crippen molar-refractivity contribution in [3.63, 3.8) is 0 Å². The number of hydrogen-bond donors (Lipinski definition) is 1. The minimum atomic E-state index is 0.132. The molecule has 144 valence electrons. The van der Waals surface area contributed by atoms with Crippen molar-refractivity contribution in [3.05, 3.63) is 65.7 Å². The normalized spacial score (nSPS) is 15.4. The van der Waals surface area contributed by atoms with Crippen LogP contribution in [-0.4, -0.2) is 32.2 Å². The van der Waals surface area contributed by atoms with E-state index in [2.05, 4.69) is 65.7 Å². The highest BCUT2D eigenvalue weighted by atomic mass is 16.5. The molecule has 1 aliphatic rings. The van der Waals surface area contributed by atoms with Gasteiger partial charge in [-0.05, 0) is 42.0 Å². The van der Waals surface area contributed by atoms with E-state index in [1.807, 2.05) is 6.07 Å². The second-order valence-corrected chi connectivity index (χ2v) is 7.38. The topological polar surface area (TPSA) is 41.6 Å². The van der Waals surface area contributed by atoms with E-state index in [1.54, 1.807) is 0 Å². The fourth-order valence-corrected chi connectivity index (χ4v) is 3.40. The molecule has 0 bridgehead atoms. The first kappa shape index (κ1) is 19.4. The Hall–Kier alpha value is -2.33. The van der Waals surface area contributed by atoms with Gasteiger partial charge in [0.05, 0.1) is 13.2 Å². The molecule has 1 N–H and O–H groups in total. The molecule has 3 rings (SSSR count). The van der Waals surface area contributed by atoms with E-state index < -0.39 is 0 Å². The lowest BCUT2D eigenvalue weighted by atomic mass is 9.98. The average molecular weight is 367 g/mol. The third-order valence-electron chi connectivity index (χ3n) is 5.10. The molecular weight excluding hydrogens is 336 g/mol. The Morgan fingerprint density at radius 2 is 1.74 bits per heavy atom. The van der Waals surface area contributed by atoms with Gasteiger partial charge in [-0.25, -0.2) is 0 Å². The van der Waals surface area contributed by atoms with Gasteiger partial charge in [-0.2, -0.15) is 0 Å². The molecule has 4 heteroatoms. The lowest BCUT2D eigenvalue weighted by Gasteiger charge is -2.28. The molecule has 1 unspecified atom stereocenters. The fraction of sp³-hybridized carbons (Fsp3) is 0.435. The second-order valence-electron chi connectivity index (χ2n) is 7.38. The molecule has 1 atom stereocenters. The summed E-state index contributed by atoms with van der Waals surface area (Å²) in [7, 11) is 0. The molecule has 1 saturated heterocycles. The minimum absolute atomic E-state index is 0.132. The Balaban J connectivity index is 1.38. The summed E-state index contributed by atoms with van der Waals surface area (Å²) in [5, 5.41) is 3.05. The number of benzene rings is 2. The van der Waals surface area contributed by atoms with Crippen LogP contribution < -0.4 is 10.2 Å². The van der Waals surface area contributed by atoms with Gasteiger partial charge in [-0.1, -0.05) is 49.4 Å². The Morgan fingerprint density at radius 1 is 1.04 bits per heavy atom. The van der Waals surface area contributed by atoms with Gasteiger partial charge in [0, 0.05) is 31.7 Å². The molecule has 0 aliphatic carbocycles. The maximum absolute atomic E-state index is 12.2. The van der Waals surface area contributed by atoms with Crippen molar-refractivity contribution in [2.24, 2.45) is 5.92 Å². The van der Waals surface area contributed by atoms with Crippen molar-refractivity contribution >= 4 is 11.6 Å². The summed E-state index contributed by atoms with van der Waals surface area (Å²) in [6.45, 7) is 6.21. The predicted octanol–water partition coefficient (Wildman–Crippen LogP) is 3.80. The number of morpholine rings is 1. The first-order chi connectivity index (χ1) is 13.2. The number of amides is 1. The number of carbonyl (C=O) groups is 1. The van der Waals surface area contributed by atoms with E-state index in [4.69, 9.17) is 4.74 Å². The molecule has 4 nitrogen and oxygen atoms in total. The molecule has 0 spiro atoms. The van der Waals surface area contributed by atoms with Crippen LogP contribution in [0.4, 0.5) is 5.69 Å². The number of anilines is 1. The largest absolute Gasteiger partial charge is 0.378 e. The van der Waals surface area contributed by atoms with Gasteiger partial charge in [-0.3, -0.25) is 4.79 Å². The van der Waals surface area contributed by atoms with Gasteiger partial charge >= 0.3 is 0 Å². The number of nitrogens with zero attached hydrogens (tertiary/aromatic N) is 1. The fourth-order valence-electron chi connectivity index (χ4n) is 3.40. The summed E-state index contributed by atoms with van der Waals surface area (Å²) >= 11 is 0. The summed E-state index contributed by atoms with van der Waals surface area (Å²) in [5.74, 6) is 0.515. The third kappa shape index (κ3) is 6.40. The van der Waals surface area contributed by atoms with E-state index >= 15 is 0 Å². The van der Waals surface area contributed by atoms with Crippen molar-refractivity contribution in [1.29, 1.82) is 0 Å². The maximum Gasteiger partial charge on any atom is 0.220 e. The van der Waals surface area contributed by atoms with Crippen LogP contribution in [0, 0.1) is 5.92 Å². The number of aryl methyl sites for hydroxylation is 1. The smallest absolute Gasteiger partial charge is 0.220 e. The van der Waals surface area contributed by atoms with Crippen LogP contribution in [0.15, 0.2) is 54.6 Å². The summed E-state index contributed by atoms with van der Waals surface area (Å²) in [6.07, 6.45) is 2.64. The molecule has 1 heterocycles.